The number of carbonyl (C=O) groups is 1. The number of benzene rings is 1. The topological polar surface area (TPSA) is 41.6 Å². The Kier molecular flexibility index (Phi) is 5.19. The molecule has 4 nitrogen and oxygen atoms in total. The lowest BCUT2D eigenvalue weighted by atomic mass is 9.87. The molecule has 4 heteroatoms. The van der Waals surface area contributed by atoms with Gasteiger partial charge in [-0.3, -0.25) is 4.90 Å². The SMILES string of the molecule is CC(C)(C)OC(=O)NC1CCc2cc(CN3C4CCCC3CC4)ccc2C1. The third kappa shape index (κ3) is 4.48. The van der Waals surface area contributed by atoms with Crippen LogP contribution in [0.1, 0.15) is 76.0 Å². The van der Waals surface area contributed by atoms with Crippen LogP contribution >= 0.6 is 0 Å². The normalized spacial score (nSPS) is 27.9. The van der Waals surface area contributed by atoms with Crippen molar-refractivity contribution in [3.8, 4) is 0 Å². The van der Waals surface area contributed by atoms with Gasteiger partial charge >= 0.3 is 6.09 Å². The summed E-state index contributed by atoms with van der Waals surface area (Å²) in [4.78, 5) is 14.8. The fourth-order valence-corrected chi connectivity index (χ4v) is 5.20. The molecule has 27 heavy (non-hydrogen) atoms. The van der Waals surface area contributed by atoms with E-state index in [0.717, 1.165) is 37.9 Å². The van der Waals surface area contributed by atoms with E-state index in [0.29, 0.717) is 0 Å². The van der Waals surface area contributed by atoms with Crippen molar-refractivity contribution < 1.29 is 9.53 Å². The highest BCUT2D eigenvalue weighted by Gasteiger charge is 2.36. The highest BCUT2D eigenvalue weighted by atomic mass is 16.6. The van der Waals surface area contributed by atoms with Gasteiger partial charge in [0, 0.05) is 24.7 Å². The molecular weight excluding hydrogens is 336 g/mol. The molecule has 4 rings (SSSR count). The molecular formula is C23H34N2O2. The number of alkyl carbamates (subject to hydrolysis) is 1. The Balaban J connectivity index is 1.36. The quantitative estimate of drug-likeness (QED) is 0.846. The largest absolute Gasteiger partial charge is 0.444 e. The van der Waals surface area contributed by atoms with Gasteiger partial charge in [-0.15, -0.1) is 0 Å². The maximum atomic E-state index is 12.0. The van der Waals surface area contributed by atoms with Crippen LogP contribution in [0.5, 0.6) is 0 Å². The van der Waals surface area contributed by atoms with E-state index in [-0.39, 0.29) is 12.1 Å². The second kappa shape index (κ2) is 7.46. The van der Waals surface area contributed by atoms with Crippen LogP contribution in [0.15, 0.2) is 18.2 Å². The fraction of sp³-hybridized carbons (Fsp3) is 0.696. The summed E-state index contributed by atoms with van der Waals surface area (Å²) in [5, 5.41) is 3.05. The van der Waals surface area contributed by atoms with E-state index in [4.69, 9.17) is 4.74 Å². The van der Waals surface area contributed by atoms with Crippen molar-refractivity contribution in [3.05, 3.63) is 34.9 Å². The van der Waals surface area contributed by atoms with Gasteiger partial charge in [-0.1, -0.05) is 24.6 Å². The number of carbonyl (C=O) groups excluding carboxylic acids is 1. The molecule has 3 atom stereocenters. The summed E-state index contributed by atoms with van der Waals surface area (Å²) >= 11 is 0. The number of fused-ring (bicyclic) bond motifs is 3. The van der Waals surface area contributed by atoms with Gasteiger partial charge in [0.25, 0.3) is 0 Å². The molecule has 2 heterocycles. The maximum absolute atomic E-state index is 12.0. The van der Waals surface area contributed by atoms with Crippen LogP contribution in [0, 0.1) is 0 Å². The summed E-state index contributed by atoms with van der Waals surface area (Å²) in [6, 6.07) is 8.84. The molecule has 1 N–H and O–H groups in total. The second-order valence-corrected chi connectivity index (χ2v) is 9.68. The Hall–Kier alpha value is -1.55. The number of hydrogen-bond donors (Lipinski definition) is 1. The molecule has 148 valence electrons. The zero-order valence-corrected chi connectivity index (χ0v) is 17.1. The third-order valence-electron chi connectivity index (χ3n) is 6.43. The first-order valence-electron chi connectivity index (χ1n) is 10.7. The number of ether oxygens (including phenoxy) is 1. The number of nitrogens with one attached hydrogen (secondary N) is 1. The Bertz CT molecular complexity index is 678. The molecule has 0 radical (unpaired) electrons. The summed E-state index contributed by atoms with van der Waals surface area (Å²) in [5.41, 5.74) is 3.87. The smallest absolute Gasteiger partial charge is 0.407 e. The van der Waals surface area contributed by atoms with Crippen molar-refractivity contribution in [2.24, 2.45) is 0 Å². The predicted octanol–water partition coefficient (Wildman–Crippen LogP) is 4.59. The van der Waals surface area contributed by atoms with Gasteiger partial charge in [0.2, 0.25) is 0 Å². The monoisotopic (exact) mass is 370 g/mol. The summed E-state index contributed by atoms with van der Waals surface area (Å²) in [6.45, 7) is 6.82. The highest BCUT2D eigenvalue weighted by molar-refractivity contribution is 5.68. The van der Waals surface area contributed by atoms with Crippen LogP contribution in [0.2, 0.25) is 0 Å². The molecule has 3 unspecified atom stereocenters. The lowest BCUT2D eigenvalue weighted by Crippen LogP contribution is -2.42. The van der Waals surface area contributed by atoms with Crippen LogP contribution < -0.4 is 5.32 Å². The van der Waals surface area contributed by atoms with Crippen LogP contribution in [0.4, 0.5) is 4.79 Å². The summed E-state index contributed by atoms with van der Waals surface area (Å²) in [5.74, 6) is 0. The number of nitrogens with zero attached hydrogens (tertiary/aromatic N) is 1. The van der Waals surface area contributed by atoms with Gasteiger partial charge < -0.3 is 10.1 Å². The molecule has 1 aromatic rings. The van der Waals surface area contributed by atoms with E-state index >= 15 is 0 Å². The van der Waals surface area contributed by atoms with Gasteiger partial charge in [0.15, 0.2) is 0 Å². The molecule has 3 aliphatic rings. The van der Waals surface area contributed by atoms with Gasteiger partial charge in [-0.05, 0) is 82.4 Å². The van der Waals surface area contributed by atoms with Gasteiger partial charge in [0.1, 0.15) is 5.60 Å². The van der Waals surface area contributed by atoms with E-state index in [9.17, 15) is 4.79 Å². The molecule has 2 saturated heterocycles. The molecule has 1 aromatic carbocycles. The van der Waals surface area contributed by atoms with Crippen molar-refractivity contribution in [3.63, 3.8) is 0 Å². The average molecular weight is 371 g/mol. The minimum Gasteiger partial charge on any atom is -0.444 e. The summed E-state index contributed by atoms with van der Waals surface area (Å²) in [6.07, 6.45) is 9.63. The van der Waals surface area contributed by atoms with Crippen LogP contribution in [0.3, 0.4) is 0 Å². The van der Waals surface area contributed by atoms with Crippen molar-refractivity contribution in [2.45, 2.75) is 102 Å². The number of amides is 1. The molecule has 2 aliphatic heterocycles. The van der Waals surface area contributed by atoms with Gasteiger partial charge in [-0.25, -0.2) is 4.79 Å². The maximum Gasteiger partial charge on any atom is 0.407 e. The van der Waals surface area contributed by atoms with Crippen LogP contribution in [0.25, 0.3) is 0 Å². The lowest BCUT2D eigenvalue weighted by Gasteiger charge is -2.35. The van der Waals surface area contributed by atoms with E-state index in [2.05, 4.69) is 28.4 Å². The highest BCUT2D eigenvalue weighted by Crippen LogP contribution is 2.37. The predicted molar refractivity (Wildman–Crippen MR) is 108 cm³/mol. The summed E-state index contributed by atoms with van der Waals surface area (Å²) in [7, 11) is 0. The zero-order valence-electron chi connectivity index (χ0n) is 17.1. The Labute approximate surface area is 163 Å². The van der Waals surface area contributed by atoms with Gasteiger partial charge in [-0.2, -0.15) is 0 Å². The molecule has 1 amide bonds. The van der Waals surface area contributed by atoms with E-state index in [1.54, 1.807) is 0 Å². The first-order chi connectivity index (χ1) is 12.9. The average Bonchev–Trinajstić information content (AvgIpc) is 2.81. The number of piperidine rings is 1. The van der Waals surface area contributed by atoms with Crippen molar-refractivity contribution in [1.82, 2.24) is 10.2 Å². The molecule has 0 aromatic heterocycles. The number of aryl methyl sites for hydroxylation is 1. The number of rotatable bonds is 3. The fourth-order valence-electron chi connectivity index (χ4n) is 5.20. The van der Waals surface area contributed by atoms with Crippen LogP contribution in [-0.2, 0) is 24.1 Å². The van der Waals surface area contributed by atoms with Gasteiger partial charge in [0.05, 0.1) is 0 Å². The van der Waals surface area contributed by atoms with Crippen molar-refractivity contribution in [1.29, 1.82) is 0 Å². The first kappa shape index (κ1) is 18.8. The second-order valence-electron chi connectivity index (χ2n) is 9.68. The summed E-state index contributed by atoms with van der Waals surface area (Å²) < 4.78 is 5.40. The van der Waals surface area contributed by atoms with Crippen molar-refractivity contribution in [2.75, 3.05) is 0 Å². The van der Waals surface area contributed by atoms with Crippen molar-refractivity contribution >= 4 is 6.09 Å². The third-order valence-corrected chi connectivity index (χ3v) is 6.43. The Morgan fingerprint density at radius 1 is 1.11 bits per heavy atom. The Morgan fingerprint density at radius 2 is 1.85 bits per heavy atom. The molecule has 2 bridgehead atoms. The zero-order chi connectivity index (χ0) is 19.0. The molecule has 1 aliphatic carbocycles. The first-order valence-corrected chi connectivity index (χ1v) is 10.7. The Morgan fingerprint density at radius 3 is 2.56 bits per heavy atom. The molecule has 0 saturated carbocycles. The minimum absolute atomic E-state index is 0.177. The minimum atomic E-state index is -0.445. The number of hydrogen-bond acceptors (Lipinski definition) is 3. The van der Waals surface area contributed by atoms with E-state index in [1.807, 2.05) is 20.8 Å². The lowest BCUT2D eigenvalue weighted by molar-refractivity contribution is 0.0500. The van der Waals surface area contributed by atoms with E-state index < -0.39 is 5.60 Å². The van der Waals surface area contributed by atoms with E-state index in [1.165, 1.54) is 48.8 Å². The molecule has 0 spiro atoms. The standard InChI is InChI=1S/C23H34N2O2/c1-23(2,3)27-22(26)24-19-10-9-17-13-16(7-8-18(17)14-19)15-25-20-5-4-6-21(25)12-11-20/h7-8,13,19-21H,4-6,9-12,14-15H2,1-3H3,(H,24,26). The van der Waals surface area contributed by atoms with Crippen LogP contribution in [-0.4, -0.2) is 34.7 Å². The molecule has 2 fully saturated rings.